The molecule has 0 N–H and O–H groups in total. The summed E-state index contributed by atoms with van der Waals surface area (Å²) in [5, 5.41) is 1.84. The Bertz CT molecular complexity index is 834. The molecule has 2 nitrogen and oxygen atoms in total. The second-order valence-corrected chi connectivity index (χ2v) is 5.62. The predicted octanol–water partition coefficient (Wildman–Crippen LogP) is 5.53. The van der Waals surface area contributed by atoms with Crippen molar-refractivity contribution >= 4 is 40.0 Å². The van der Waals surface area contributed by atoms with Crippen LogP contribution in [0, 0.1) is 0 Å². The fourth-order valence-electron chi connectivity index (χ4n) is 2.23. The molecule has 4 heteroatoms. The molecule has 0 bridgehead atoms. The highest BCUT2D eigenvalue weighted by Gasteiger charge is 2.14. The van der Waals surface area contributed by atoms with Crippen LogP contribution in [0.2, 0.25) is 10.0 Å². The van der Waals surface area contributed by atoms with Gasteiger partial charge in [-0.1, -0.05) is 42.3 Å². The lowest BCUT2D eigenvalue weighted by Crippen LogP contribution is -2.01. The molecule has 0 saturated carbocycles. The van der Waals surface area contributed by atoms with Gasteiger partial charge in [0.1, 0.15) is 11.3 Å². The average Bonchev–Trinajstić information content (AvgIpc) is 2.88. The van der Waals surface area contributed by atoms with Crippen LogP contribution < -0.4 is 0 Å². The van der Waals surface area contributed by atoms with Gasteiger partial charge < -0.3 is 4.42 Å². The van der Waals surface area contributed by atoms with E-state index < -0.39 is 0 Å². The molecule has 0 spiro atoms. The molecular weight excluding hydrogens is 307 g/mol. The van der Waals surface area contributed by atoms with Gasteiger partial charge in [-0.3, -0.25) is 4.79 Å². The standard InChI is InChI=1S/C17H12Cl2O2/c1-2-13-7-10-3-4-11(8-16(10)21-13)17(20)14-6-5-12(18)9-15(14)19/h3-9H,2H2,1H3. The number of hydrogen-bond acceptors (Lipinski definition) is 2. The number of hydrogen-bond donors (Lipinski definition) is 0. The highest BCUT2D eigenvalue weighted by atomic mass is 35.5. The first-order valence-corrected chi connectivity index (χ1v) is 7.36. The van der Waals surface area contributed by atoms with Crippen LogP contribution in [0.25, 0.3) is 11.0 Å². The largest absolute Gasteiger partial charge is 0.461 e. The highest BCUT2D eigenvalue weighted by molar-refractivity contribution is 6.37. The lowest BCUT2D eigenvalue weighted by atomic mass is 10.0. The minimum absolute atomic E-state index is 0.145. The quantitative estimate of drug-likeness (QED) is 0.594. The molecule has 106 valence electrons. The molecular formula is C17H12Cl2O2. The van der Waals surface area contributed by atoms with E-state index in [4.69, 9.17) is 27.6 Å². The molecule has 1 aromatic heterocycles. The maximum absolute atomic E-state index is 12.5. The molecule has 0 aliphatic heterocycles. The van der Waals surface area contributed by atoms with Crippen LogP contribution in [-0.4, -0.2) is 5.78 Å². The fraction of sp³-hybridized carbons (Fsp3) is 0.118. The first-order valence-electron chi connectivity index (χ1n) is 6.60. The molecule has 0 fully saturated rings. The lowest BCUT2D eigenvalue weighted by Gasteiger charge is -2.04. The van der Waals surface area contributed by atoms with Crippen LogP contribution in [0.4, 0.5) is 0 Å². The number of fused-ring (bicyclic) bond motifs is 1. The van der Waals surface area contributed by atoms with E-state index in [-0.39, 0.29) is 5.78 Å². The van der Waals surface area contributed by atoms with Gasteiger partial charge in [-0.15, -0.1) is 0 Å². The zero-order valence-electron chi connectivity index (χ0n) is 11.3. The Morgan fingerprint density at radius 1 is 1.10 bits per heavy atom. The van der Waals surface area contributed by atoms with Gasteiger partial charge in [0.25, 0.3) is 0 Å². The third-order valence-electron chi connectivity index (χ3n) is 3.36. The van der Waals surface area contributed by atoms with Gasteiger partial charge >= 0.3 is 0 Å². The Kier molecular flexibility index (Phi) is 3.75. The number of benzene rings is 2. The molecule has 0 amide bonds. The van der Waals surface area contributed by atoms with E-state index in [1.54, 1.807) is 30.3 Å². The van der Waals surface area contributed by atoms with Crippen LogP contribution in [0.1, 0.15) is 28.6 Å². The Morgan fingerprint density at radius 3 is 2.62 bits per heavy atom. The van der Waals surface area contributed by atoms with Gasteiger partial charge in [0.2, 0.25) is 0 Å². The minimum atomic E-state index is -0.145. The molecule has 21 heavy (non-hydrogen) atoms. The first-order chi connectivity index (χ1) is 10.1. The van der Waals surface area contributed by atoms with E-state index in [2.05, 4.69) is 0 Å². The summed E-state index contributed by atoms with van der Waals surface area (Å²) in [6.45, 7) is 2.03. The zero-order chi connectivity index (χ0) is 15.0. The van der Waals surface area contributed by atoms with Crippen molar-refractivity contribution in [3.63, 3.8) is 0 Å². The Labute approximate surface area is 132 Å². The second kappa shape index (κ2) is 5.55. The number of furan rings is 1. The molecule has 1 heterocycles. The molecule has 0 unspecified atom stereocenters. The second-order valence-electron chi connectivity index (χ2n) is 4.77. The Hall–Kier alpha value is -1.77. The lowest BCUT2D eigenvalue weighted by molar-refractivity contribution is 0.103. The maximum atomic E-state index is 12.5. The summed E-state index contributed by atoms with van der Waals surface area (Å²) >= 11 is 11.9. The smallest absolute Gasteiger partial charge is 0.194 e. The molecule has 0 aliphatic carbocycles. The zero-order valence-corrected chi connectivity index (χ0v) is 12.8. The number of carbonyl (C=O) groups is 1. The van der Waals surface area contributed by atoms with Gasteiger partial charge in [0, 0.05) is 28.0 Å². The van der Waals surface area contributed by atoms with Gasteiger partial charge in [0.05, 0.1) is 5.02 Å². The summed E-state index contributed by atoms with van der Waals surface area (Å²) in [6.07, 6.45) is 0.820. The highest BCUT2D eigenvalue weighted by Crippen LogP contribution is 2.26. The summed E-state index contributed by atoms with van der Waals surface area (Å²) in [6, 6.07) is 12.3. The van der Waals surface area contributed by atoms with Gasteiger partial charge in [0.15, 0.2) is 5.78 Å². The molecule has 0 aliphatic rings. The Balaban J connectivity index is 2.04. The predicted molar refractivity (Wildman–Crippen MR) is 85.5 cm³/mol. The van der Waals surface area contributed by atoms with Gasteiger partial charge in [-0.05, 0) is 30.3 Å². The summed E-state index contributed by atoms with van der Waals surface area (Å²) < 4.78 is 5.69. The number of halogens is 2. The number of carbonyl (C=O) groups excluding carboxylic acids is 1. The molecule has 3 rings (SSSR count). The van der Waals surface area contributed by atoms with Crippen LogP contribution in [-0.2, 0) is 6.42 Å². The van der Waals surface area contributed by atoms with Crippen molar-refractivity contribution in [2.75, 3.05) is 0 Å². The summed E-state index contributed by atoms with van der Waals surface area (Å²) in [5.41, 5.74) is 1.69. The normalized spacial score (nSPS) is 11.0. The molecule has 3 aromatic rings. The van der Waals surface area contributed by atoms with Gasteiger partial charge in [-0.2, -0.15) is 0 Å². The van der Waals surface area contributed by atoms with Crippen molar-refractivity contribution < 1.29 is 9.21 Å². The summed E-state index contributed by atoms with van der Waals surface area (Å²) in [5.74, 6) is 0.757. The summed E-state index contributed by atoms with van der Waals surface area (Å²) in [7, 11) is 0. The monoisotopic (exact) mass is 318 g/mol. The van der Waals surface area contributed by atoms with Crippen molar-refractivity contribution in [1.29, 1.82) is 0 Å². The first kappa shape index (κ1) is 14.2. The third-order valence-corrected chi connectivity index (χ3v) is 3.91. The number of rotatable bonds is 3. The molecule has 0 saturated heterocycles. The third kappa shape index (κ3) is 2.69. The number of ketones is 1. The van der Waals surface area contributed by atoms with E-state index in [1.165, 1.54) is 0 Å². The van der Waals surface area contributed by atoms with Gasteiger partial charge in [-0.25, -0.2) is 0 Å². The number of aryl methyl sites for hydroxylation is 1. The van der Waals surface area contributed by atoms with E-state index in [0.717, 1.165) is 17.6 Å². The van der Waals surface area contributed by atoms with Crippen LogP contribution in [0.5, 0.6) is 0 Å². The Morgan fingerprint density at radius 2 is 1.90 bits per heavy atom. The average molecular weight is 319 g/mol. The minimum Gasteiger partial charge on any atom is -0.461 e. The summed E-state index contributed by atoms with van der Waals surface area (Å²) in [4.78, 5) is 12.5. The van der Waals surface area contributed by atoms with E-state index in [9.17, 15) is 4.79 Å². The van der Waals surface area contributed by atoms with Crippen molar-refractivity contribution in [3.8, 4) is 0 Å². The van der Waals surface area contributed by atoms with E-state index in [0.29, 0.717) is 26.8 Å². The van der Waals surface area contributed by atoms with Crippen LogP contribution in [0.3, 0.4) is 0 Å². The van der Waals surface area contributed by atoms with Crippen molar-refractivity contribution in [1.82, 2.24) is 0 Å². The van der Waals surface area contributed by atoms with Crippen molar-refractivity contribution in [2.45, 2.75) is 13.3 Å². The van der Waals surface area contributed by atoms with Crippen molar-refractivity contribution in [2.24, 2.45) is 0 Å². The topological polar surface area (TPSA) is 30.2 Å². The van der Waals surface area contributed by atoms with Crippen molar-refractivity contribution in [3.05, 3.63) is 69.4 Å². The maximum Gasteiger partial charge on any atom is 0.194 e. The van der Waals surface area contributed by atoms with Crippen LogP contribution in [0.15, 0.2) is 46.9 Å². The fourth-order valence-corrected chi connectivity index (χ4v) is 2.73. The van der Waals surface area contributed by atoms with Crippen LogP contribution >= 0.6 is 23.2 Å². The van der Waals surface area contributed by atoms with E-state index >= 15 is 0 Å². The SMILES string of the molecule is CCc1cc2ccc(C(=O)c3ccc(Cl)cc3Cl)cc2o1. The van der Waals surface area contributed by atoms with E-state index in [1.807, 2.05) is 19.1 Å². The molecule has 0 radical (unpaired) electrons. The molecule has 2 aromatic carbocycles. The molecule has 0 atom stereocenters.